The highest BCUT2D eigenvalue weighted by Gasteiger charge is 2.12. The Morgan fingerprint density at radius 1 is 1.23 bits per heavy atom. The van der Waals surface area contributed by atoms with Gasteiger partial charge in [0.05, 0.1) is 5.39 Å². The highest BCUT2D eigenvalue weighted by molar-refractivity contribution is 5.96. The van der Waals surface area contributed by atoms with Crippen molar-refractivity contribution in [3.63, 3.8) is 0 Å². The number of hydrogen-bond acceptors (Lipinski definition) is 5. The number of carbonyl (C=O) groups excluding carboxylic acids is 1. The lowest BCUT2D eigenvalue weighted by molar-refractivity contribution is 0.1000. The van der Waals surface area contributed by atoms with Crippen molar-refractivity contribution in [1.29, 1.82) is 0 Å². The summed E-state index contributed by atoms with van der Waals surface area (Å²) in [5, 5.41) is 12.7. The number of carboxylic acid groups (broad SMARTS) is 1. The lowest BCUT2D eigenvalue weighted by Crippen LogP contribution is -2.11. The van der Waals surface area contributed by atoms with Gasteiger partial charge in [-0.1, -0.05) is 6.07 Å². The second-order valence-electron chi connectivity index (χ2n) is 4.50. The van der Waals surface area contributed by atoms with Crippen LogP contribution in [0.15, 0.2) is 42.9 Å². The highest BCUT2D eigenvalue weighted by atomic mass is 16.4. The molecule has 0 aliphatic heterocycles. The summed E-state index contributed by atoms with van der Waals surface area (Å²) in [6.45, 7) is 0. The van der Waals surface area contributed by atoms with Gasteiger partial charge in [-0.3, -0.25) is 4.79 Å². The number of benzene rings is 1. The molecule has 0 radical (unpaired) electrons. The molecule has 0 saturated carbocycles. The van der Waals surface area contributed by atoms with Gasteiger partial charge in [-0.15, -0.1) is 0 Å². The molecule has 0 saturated heterocycles. The number of fused-ring (bicyclic) bond motifs is 1. The van der Waals surface area contributed by atoms with Crippen LogP contribution in [0.1, 0.15) is 10.4 Å². The first-order chi connectivity index (χ1) is 10.6. The van der Waals surface area contributed by atoms with Crippen molar-refractivity contribution in [3.05, 3.63) is 48.4 Å². The summed E-state index contributed by atoms with van der Waals surface area (Å²) >= 11 is 0. The quantitative estimate of drug-likeness (QED) is 0.677. The standard InChI is InChI=1S/C14H11N5O3/c15-11(20)8-2-1-3-9(6-8)18-12-10-4-5-19(14(21)22)13(10)17-7-16-12/h1-7H,(H2,15,20)(H,21,22)(H,16,17,18). The highest BCUT2D eigenvalue weighted by Crippen LogP contribution is 2.24. The zero-order valence-corrected chi connectivity index (χ0v) is 11.2. The fourth-order valence-electron chi connectivity index (χ4n) is 2.09. The Morgan fingerprint density at radius 2 is 2.05 bits per heavy atom. The second-order valence-corrected chi connectivity index (χ2v) is 4.50. The molecule has 1 aromatic carbocycles. The molecule has 8 heteroatoms. The number of rotatable bonds is 3. The van der Waals surface area contributed by atoms with Gasteiger partial charge in [-0.05, 0) is 24.3 Å². The van der Waals surface area contributed by atoms with Gasteiger partial charge in [0.25, 0.3) is 0 Å². The van der Waals surface area contributed by atoms with Gasteiger partial charge in [-0.2, -0.15) is 0 Å². The summed E-state index contributed by atoms with van der Waals surface area (Å²) in [6, 6.07) is 8.22. The molecular weight excluding hydrogens is 286 g/mol. The Morgan fingerprint density at radius 3 is 2.77 bits per heavy atom. The van der Waals surface area contributed by atoms with Crippen LogP contribution in [-0.2, 0) is 0 Å². The average molecular weight is 297 g/mol. The molecule has 2 heterocycles. The molecular formula is C14H11N5O3. The van der Waals surface area contributed by atoms with Gasteiger partial charge in [-0.25, -0.2) is 19.3 Å². The second kappa shape index (κ2) is 5.17. The Labute approximate surface area is 124 Å². The molecule has 3 rings (SSSR count). The van der Waals surface area contributed by atoms with Crippen LogP contribution < -0.4 is 11.1 Å². The van der Waals surface area contributed by atoms with E-state index in [-0.39, 0.29) is 5.65 Å². The van der Waals surface area contributed by atoms with Crippen LogP contribution in [0.3, 0.4) is 0 Å². The first-order valence-corrected chi connectivity index (χ1v) is 6.28. The fourth-order valence-corrected chi connectivity index (χ4v) is 2.09. The lowest BCUT2D eigenvalue weighted by Gasteiger charge is -2.07. The van der Waals surface area contributed by atoms with Gasteiger partial charge >= 0.3 is 6.09 Å². The monoisotopic (exact) mass is 297 g/mol. The number of nitrogens with zero attached hydrogens (tertiary/aromatic N) is 3. The maximum absolute atomic E-state index is 11.2. The molecule has 110 valence electrons. The predicted molar refractivity (Wildman–Crippen MR) is 79.2 cm³/mol. The molecule has 2 aromatic heterocycles. The van der Waals surface area contributed by atoms with Crippen LogP contribution in [0, 0.1) is 0 Å². The molecule has 8 nitrogen and oxygen atoms in total. The summed E-state index contributed by atoms with van der Waals surface area (Å²) in [6.07, 6.45) is 1.53. The fraction of sp³-hybridized carbons (Fsp3) is 0. The first-order valence-electron chi connectivity index (χ1n) is 6.28. The number of primary amides is 1. The van der Waals surface area contributed by atoms with Crippen LogP contribution in [-0.4, -0.2) is 31.6 Å². The van der Waals surface area contributed by atoms with E-state index in [4.69, 9.17) is 10.8 Å². The number of amides is 1. The maximum atomic E-state index is 11.2. The van der Waals surface area contributed by atoms with Crippen molar-refractivity contribution in [3.8, 4) is 0 Å². The number of aromatic nitrogens is 3. The Bertz CT molecular complexity index is 887. The molecule has 0 spiro atoms. The minimum absolute atomic E-state index is 0.274. The topological polar surface area (TPSA) is 123 Å². The van der Waals surface area contributed by atoms with Crippen LogP contribution >= 0.6 is 0 Å². The third-order valence-corrected chi connectivity index (χ3v) is 3.10. The Hall–Kier alpha value is -3.42. The van der Waals surface area contributed by atoms with Crippen molar-refractivity contribution in [2.75, 3.05) is 5.32 Å². The molecule has 1 amide bonds. The van der Waals surface area contributed by atoms with E-state index in [0.29, 0.717) is 22.5 Å². The van der Waals surface area contributed by atoms with Crippen molar-refractivity contribution in [2.24, 2.45) is 5.73 Å². The number of nitrogens with two attached hydrogens (primary N) is 1. The molecule has 0 bridgehead atoms. The predicted octanol–water partition coefficient (Wildman–Crippen LogP) is 1.80. The van der Waals surface area contributed by atoms with E-state index >= 15 is 0 Å². The van der Waals surface area contributed by atoms with Gasteiger partial charge < -0.3 is 16.2 Å². The first kappa shape index (κ1) is 13.6. The van der Waals surface area contributed by atoms with E-state index < -0.39 is 12.0 Å². The number of nitrogens with one attached hydrogen (secondary N) is 1. The molecule has 0 aliphatic rings. The van der Waals surface area contributed by atoms with E-state index in [1.807, 2.05) is 0 Å². The molecule has 0 atom stereocenters. The van der Waals surface area contributed by atoms with E-state index in [9.17, 15) is 9.59 Å². The minimum Gasteiger partial charge on any atom is -0.464 e. The van der Waals surface area contributed by atoms with Crippen LogP contribution in [0.5, 0.6) is 0 Å². The van der Waals surface area contributed by atoms with Gasteiger partial charge in [0, 0.05) is 17.4 Å². The van der Waals surface area contributed by atoms with Gasteiger partial charge in [0.15, 0.2) is 5.65 Å². The summed E-state index contributed by atoms with van der Waals surface area (Å²) in [4.78, 5) is 30.4. The third kappa shape index (κ3) is 2.33. The Balaban J connectivity index is 2.03. The third-order valence-electron chi connectivity index (χ3n) is 3.10. The average Bonchev–Trinajstić information content (AvgIpc) is 2.93. The van der Waals surface area contributed by atoms with Crippen LogP contribution in [0.2, 0.25) is 0 Å². The SMILES string of the molecule is NC(=O)c1cccc(Nc2ncnc3c2ccn3C(=O)O)c1. The number of anilines is 2. The van der Waals surface area contributed by atoms with Crippen molar-refractivity contribution in [1.82, 2.24) is 14.5 Å². The molecule has 0 unspecified atom stereocenters. The summed E-state index contributed by atoms with van der Waals surface area (Å²) in [5.41, 5.74) is 6.49. The van der Waals surface area contributed by atoms with E-state index in [1.54, 1.807) is 30.3 Å². The molecule has 22 heavy (non-hydrogen) atoms. The maximum Gasteiger partial charge on any atom is 0.417 e. The summed E-state index contributed by atoms with van der Waals surface area (Å²) in [5.74, 6) is -0.0971. The largest absolute Gasteiger partial charge is 0.464 e. The number of carbonyl (C=O) groups is 2. The molecule has 0 aliphatic carbocycles. The minimum atomic E-state index is -1.13. The zero-order chi connectivity index (χ0) is 15.7. The van der Waals surface area contributed by atoms with Gasteiger partial charge in [0.2, 0.25) is 5.91 Å². The van der Waals surface area contributed by atoms with Crippen molar-refractivity contribution in [2.45, 2.75) is 0 Å². The van der Waals surface area contributed by atoms with Crippen molar-refractivity contribution >= 4 is 34.5 Å². The Kier molecular flexibility index (Phi) is 3.18. The van der Waals surface area contributed by atoms with Crippen molar-refractivity contribution < 1.29 is 14.7 Å². The normalized spacial score (nSPS) is 10.5. The van der Waals surface area contributed by atoms with E-state index in [1.165, 1.54) is 12.5 Å². The van der Waals surface area contributed by atoms with Gasteiger partial charge in [0.1, 0.15) is 12.1 Å². The number of hydrogen-bond donors (Lipinski definition) is 3. The van der Waals surface area contributed by atoms with E-state index in [2.05, 4.69) is 15.3 Å². The summed E-state index contributed by atoms with van der Waals surface area (Å²) < 4.78 is 1.00. The lowest BCUT2D eigenvalue weighted by atomic mass is 10.2. The summed E-state index contributed by atoms with van der Waals surface area (Å²) in [7, 11) is 0. The smallest absolute Gasteiger partial charge is 0.417 e. The molecule has 0 fully saturated rings. The molecule has 4 N–H and O–H groups in total. The molecule has 3 aromatic rings. The van der Waals surface area contributed by atoms with E-state index in [0.717, 1.165) is 4.57 Å². The van der Waals surface area contributed by atoms with Crippen LogP contribution in [0.25, 0.3) is 11.0 Å². The van der Waals surface area contributed by atoms with Crippen LogP contribution in [0.4, 0.5) is 16.3 Å². The zero-order valence-electron chi connectivity index (χ0n) is 11.2.